The summed E-state index contributed by atoms with van der Waals surface area (Å²) in [5, 5.41) is 8.08. The Morgan fingerprint density at radius 3 is 2.78 bits per heavy atom. The molecule has 192 valence electrons. The Morgan fingerprint density at radius 2 is 1.95 bits per heavy atom. The number of hydrogen-bond donors (Lipinski definition) is 1. The highest BCUT2D eigenvalue weighted by Gasteiger charge is 2.20. The Kier molecular flexibility index (Phi) is 8.28. The number of ether oxygens (including phenoxy) is 1. The van der Waals surface area contributed by atoms with Crippen LogP contribution in [0.4, 0.5) is 10.1 Å². The normalized spacial score (nSPS) is 18.5. The van der Waals surface area contributed by atoms with E-state index in [1.54, 1.807) is 24.3 Å². The fourth-order valence-corrected chi connectivity index (χ4v) is 4.61. The summed E-state index contributed by atoms with van der Waals surface area (Å²) in [5.74, 6) is 0.895. The van der Waals surface area contributed by atoms with Gasteiger partial charge in [-0.15, -0.1) is 0 Å². The minimum absolute atomic E-state index is 0.220. The van der Waals surface area contributed by atoms with Crippen molar-refractivity contribution in [2.24, 2.45) is 15.1 Å². The number of halogens is 2. The van der Waals surface area contributed by atoms with Crippen molar-refractivity contribution in [3.05, 3.63) is 82.7 Å². The van der Waals surface area contributed by atoms with Crippen LogP contribution in [0.15, 0.2) is 81.4 Å². The van der Waals surface area contributed by atoms with E-state index in [2.05, 4.69) is 25.4 Å². The molecule has 0 spiro atoms. The monoisotopic (exact) mass is 521 g/mol. The van der Waals surface area contributed by atoms with Gasteiger partial charge >= 0.3 is 0 Å². The molecule has 2 aliphatic heterocycles. The molecular formula is C28H29ClFN5O2. The first-order valence-electron chi connectivity index (χ1n) is 12.5. The van der Waals surface area contributed by atoms with Crippen molar-refractivity contribution >= 4 is 34.5 Å². The number of fused-ring (bicyclic) bond motifs is 1. The standard InChI is InChI=1S/C28H29ClFN5O2/c29-25-17-22(8-10-27(25)36-18-20-5-4-6-21(30)15-20)33-28-24-16-23(7-9-26(24)31-19-32-28)34-37-14-13-35-11-2-1-3-12-35/h4-10,15-17H,1-3,11-14,18-19H2,(H,32,33)/b34-23+. The molecule has 0 unspecified atom stereocenters. The minimum Gasteiger partial charge on any atom is -0.487 e. The van der Waals surface area contributed by atoms with Gasteiger partial charge in [0, 0.05) is 17.8 Å². The summed E-state index contributed by atoms with van der Waals surface area (Å²) >= 11 is 6.46. The summed E-state index contributed by atoms with van der Waals surface area (Å²) in [6, 6.07) is 11.7. The Bertz CT molecular complexity index is 1280. The molecule has 2 aromatic carbocycles. The van der Waals surface area contributed by atoms with E-state index in [4.69, 9.17) is 21.2 Å². The Balaban J connectivity index is 1.19. The molecule has 5 rings (SSSR count). The lowest BCUT2D eigenvalue weighted by atomic mass is 10.0. The zero-order chi connectivity index (χ0) is 25.5. The molecule has 0 saturated carbocycles. The number of anilines is 1. The summed E-state index contributed by atoms with van der Waals surface area (Å²) in [6.07, 6.45) is 9.58. The zero-order valence-corrected chi connectivity index (χ0v) is 21.3. The van der Waals surface area contributed by atoms with Gasteiger partial charge in [-0.05, 0) is 80.1 Å². The number of likely N-dealkylation sites (tertiary alicyclic amines) is 1. The molecule has 0 bridgehead atoms. The van der Waals surface area contributed by atoms with E-state index in [1.165, 1.54) is 31.4 Å². The molecule has 0 radical (unpaired) electrons. The third-order valence-electron chi connectivity index (χ3n) is 6.30. The van der Waals surface area contributed by atoms with Crippen molar-refractivity contribution in [2.75, 3.05) is 38.2 Å². The van der Waals surface area contributed by atoms with Crippen molar-refractivity contribution < 1.29 is 14.0 Å². The van der Waals surface area contributed by atoms with Crippen LogP contribution in [0.2, 0.25) is 5.02 Å². The molecule has 1 saturated heterocycles. The van der Waals surface area contributed by atoms with Crippen LogP contribution < -0.4 is 10.1 Å². The molecule has 9 heteroatoms. The second-order valence-corrected chi connectivity index (χ2v) is 9.43. The van der Waals surface area contributed by atoms with E-state index in [-0.39, 0.29) is 12.4 Å². The highest BCUT2D eigenvalue weighted by molar-refractivity contribution is 6.37. The molecule has 1 aliphatic carbocycles. The van der Waals surface area contributed by atoms with Gasteiger partial charge in [0.2, 0.25) is 0 Å². The summed E-state index contributed by atoms with van der Waals surface area (Å²) in [5.41, 5.74) is 3.88. The molecule has 1 N–H and O–H groups in total. The Labute approximate surface area is 221 Å². The van der Waals surface area contributed by atoms with Crippen LogP contribution in [-0.4, -0.2) is 55.1 Å². The van der Waals surface area contributed by atoms with Crippen LogP contribution in [0.5, 0.6) is 5.75 Å². The number of benzene rings is 2. The molecule has 2 aromatic rings. The van der Waals surface area contributed by atoms with E-state index in [0.29, 0.717) is 35.6 Å². The van der Waals surface area contributed by atoms with Crippen molar-refractivity contribution in [1.29, 1.82) is 0 Å². The van der Waals surface area contributed by atoms with Crippen molar-refractivity contribution in [2.45, 2.75) is 25.9 Å². The molecule has 0 aromatic heterocycles. The second-order valence-electron chi connectivity index (χ2n) is 9.02. The van der Waals surface area contributed by atoms with Gasteiger partial charge < -0.3 is 14.9 Å². The van der Waals surface area contributed by atoms with E-state index in [1.807, 2.05) is 24.3 Å². The maximum absolute atomic E-state index is 13.4. The highest BCUT2D eigenvalue weighted by Crippen LogP contribution is 2.29. The zero-order valence-electron chi connectivity index (χ0n) is 20.5. The van der Waals surface area contributed by atoms with E-state index in [9.17, 15) is 4.39 Å². The van der Waals surface area contributed by atoms with Gasteiger partial charge in [-0.1, -0.05) is 35.3 Å². The van der Waals surface area contributed by atoms with Crippen LogP contribution in [0.25, 0.3) is 0 Å². The third-order valence-corrected chi connectivity index (χ3v) is 6.60. The highest BCUT2D eigenvalue weighted by atomic mass is 35.5. The number of piperidine rings is 1. The van der Waals surface area contributed by atoms with Gasteiger partial charge in [0.15, 0.2) is 0 Å². The van der Waals surface area contributed by atoms with Gasteiger partial charge in [-0.3, -0.25) is 9.89 Å². The lowest BCUT2D eigenvalue weighted by molar-refractivity contribution is 0.103. The Morgan fingerprint density at radius 1 is 1.05 bits per heavy atom. The summed E-state index contributed by atoms with van der Waals surface area (Å²) in [4.78, 5) is 17.0. The first-order chi connectivity index (χ1) is 18.1. The molecule has 2 heterocycles. The third kappa shape index (κ3) is 6.84. The topological polar surface area (TPSA) is 70.8 Å². The number of aliphatic imine (C=N–C) groups is 2. The smallest absolute Gasteiger partial charge is 0.138 e. The number of allylic oxidation sites excluding steroid dienone is 3. The molecule has 3 aliphatic rings. The Hall–Kier alpha value is -3.49. The SMILES string of the molecule is Fc1cccc(COc2ccc(NC3=NCN=C4C=C/C(=N\OCCN5CCCCC5)C=C43)cc2Cl)c1. The van der Waals surface area contributed by atoms with Gasteiger partial charge in [0.25, 0.3) is 0 Å². The van der Waals surface area contributed by atoms with Crippen LogP contribution in [0.1, 0.15) is 24.8 Å². The molecular weight excluding hydrogens is 493 g/mol. The van der Waals surface area contributed by atoms with E-state index >= 15 is 0 Å². The van der Waals surface area contributed by atoms with Gasteiger partial charge in [-0.25, -0.2) is 9.38 Å². The quantitative estimate of drug-likeness (QED) is 0.277. The van der Waals surface area contributed by atoms with E-state index < -0.39 is 0 Å². The molecule has 0 atom stereocenters. The maximum Gasteiger partial charge on any atom is 0.138 e. The number of nitrogens with zero attached hydrogens (tertiary/aromatic N) is 4. The van der Waals surface area contributed by atoms with Gasteiger partial charge in [0.1, 0.15) is 43.0 Å². The van der Waals surface area contributed by atoms with Crippen molar-refractivity contribution in [1.82, 2.24) is 4.90 Å². The largest absolute Gasteiger partial charge is 0.487 e. The van der Waals surface area contributed by atoms with Crippen LogP contribution in [-0.2, 0) is 11.4 Å². The maximum atomic E-state index is 13.4. The number of amidine groups is 1. The second kappa shape index (κ2) is 12.2. The average molecular weight is 522 g/mol. The van der Waals surface area contributed by atoms with Crippen LogP contribution in [0.3, 0.4) is 0 Å². The van der Waals surface area contributed by atoms with Crippen molar-refractivity contribution in [3.63, 3.8) is 0 Å². The van der Waals surface area contributed by atoms with Gasteiger partial charge in [-0.2, -0.15) is 0 Å². The number of nitrogens with one attached hydrogen (secondary N) is 1. The molecule has 0 amide bonds. The first kappa shape index (κ1) is 25.2. The van der Waals surface area contributed by atoms with Crippen LogP contribution >= 0.6 is 11.6 Å². The predicted octanol–water partition coefficient (Wildman–Crippen LogP) is 5.64. The number of rotatable bonds is 8. The van der Waals surface area contributed by atoms with Crippen LogP contribution in [0, 0.1) is 5.82 Å². The lowest BCUT2D eigenvalue weighted by Crippen LogP contribution is -2.32. The summed E-state index contributed by atoms with van der Waals surface area (Å²) in [7, 11) is 0. The minimum atomic E-state index is -0.299. The lowest BCUT2D eigenvalue weighted by Gasteiger charge is -2.25. The van der Waals surface area contributed by atoms with Crippen molar-refractivity contribution in [3.8, 4) is 5.75 Å². The molecule has 37 heavy (non-hydrogen) atoms. The average Bonchev–Trinajstić information content (AvgIpc) is 2.92. The number of hydrogen-bond acceptors (Lipinski definition) is 7. The fourth-order valence-electron chi connectivity index (χ4n) is 4.38. The predicted molar refractivity (Wildman–Crippen MR) is 146 cm³/mol. The fraction of sp³-hybridized carbons (Fsp3) is 0.321. The molecule has 1 fully saturated rings. The summed E-state index contributed by atoms with van der Waals surface area (Å²) in [6.45, 7) is 4.28. The molecule has 7 nitrogen and oxygen atoms in total. The summed E-state index contributed by atoms with van der Waals surface area (Å²) < 4.78 is 19.2. The van der Waals surface area contributed by atoms with E-state index in [0.717, 1.165) is 42.2 Å². The number of oxime groups is 1. The first-order valence-corrected chi connectivity index (χ1v) is 12.9. The van der Waals surface area contributed by atoms with Gasteiger partial charge in [0.05, 0.1) is 10.7 Å².